The molecule has 0 aliphatic carbocycles. The summed E-state index contributed by atoms with van der Waals surface area (Å²) in [6, 6.07) is 11.5. The first-order valence-electron chi connectivity index (χ1n) is 6.62. The van der Waals surface area contributed by atoms with E-state index in [-0.39, 0.29) is 18.2 Å². The van der Waals surface area contributed by atoms with E-state index in [1.165, 1.54) is 18.2 Å². The zero-order valence-electron chi connectivity index (χ0n) is 11.2. The molecule has 3 rings (SSSR count). The summed E-state index contributed by atoms with van der Waals surface area (Å²) >= 11 is 0. The van der Waals surface area contributed by atoms with Crippen molar-refractivity contribution < 1.29 is 19.0 Å². The summed E-state index contributed by atoms with van der Waals surface area (Å²) in [4.78, 5) is 10.9. The SMILES string of the molecule is O=C(O)c1ccc(F)c(CNC2COc3ccccc32)c1. The smallest absolute Gasteiger partial charge is 0.335 e. The Morgan fingerprint density at radius 2 is 2.14 bits per heavy atom. The molecule has 0 spiro atoms. The van der Waals surface area contributed by atoms with E-state index in [4.69, 9.17) is 9.84 Å². The first-order chi connectivity index (χ1) is 10.1. The minimum absolute atomic E-state index is 0.0194. The quantitative estimate of drug-likeness (QED) is 0.908. The Kier molecular flexibility index (Phi) is 3.58. The van der Waals surface area contributed by atoms with Crippen LogP contribution in [0.2, 0.25) is 0 Å². The number of carboxylic acids is 1. The van der Waals surface area contributed by atoms with Gasteiger partial charge in [-0.3, -0.25) is 0 Å². The number of nitrogens with one attached hydrogen (secondary N) is 1. The van der Waals surface area contributed by atoms with Crippen molar-refractivity contribution in [3.8, 4) is 5.75 Å². The number of hydrogen-bond donors (Lipinski definition) is 2. The van der Waals surface area contributed by atoms with Crippen molar-refractivity contribution in [3.63, 3.8) is 0 Å². The molecular formula is C16H14FNO3. The topological polar surface area (TPSA) is 58.6 Å². The average Bonchev–Trinajstić information content (AvgIpc) is 2.89. The highest BCUT2D eigenvalue weighted by Gasteiger charge is 2.23. The van der Waals surface area contributed by atoms with Gasteiger partial charge in [0, 0.05) is 17.7 Å². The molecule has 1 aliphatic heterocycles. The fraction of sp³-hybridized carbons (Fsp3) is 0.188. The Morgan fingerprint density at radius 1 is 1.33 bits per heavy atom. The summed E-state index contributed by atoms with van der Waals surface area (Å²) in [5.41, 5.74) is 1.45. The Labute approximate surface area is 121 Å². The van der Waals surface area contributed by atoms with Crippen LogP contribution in [0, 0.1) is 5.82 Å². The van der Waals surface area contributed by atoms with Crippen molar-refractivity contribution in [2.45, 2.75) is 12.6 Å². The van der Waals surface area contributed by atoms with Crippen molar-refractivity contribution in [2.75, 3.05) is 6.61 Å². The third kappa shape index (κ3) is 2.73. The molecule has 2 aromatic carbocycles. The monoisotopic (exact) mass is 287 g/mol. The molecule has 0 saturated heterocycles. The van der Waals surface area contributed by atoms with Crippen LogP contribution in [0.3, 0.4) is 0 Å². The molecule has 108 valence electrons. The van der Waals surface area contributed by atoms with Gasteiger partial charge in [0.1, 0.15) is 18.2 Å². The standard InChI is InChI=1S/C16H14FNO3/c17-13-6-5-10(16(19)20)7-11(13)8-18-14-9-21-15-4-2-1-3-12(14)15/h1-7,14,18H,8-9H2,(H,19,20). The van der Waals surface area contributed by atoms with Gasteiger partial charge in [-0.2, -0.15) is 0 Å². The van der Waals surface area contributed by atoms with Crippen molar-refractivity contribution in [1.82, 2.24) is 5.32 Å². The van der Waals surface area contributed by atoms with Crippen LogP contribution < -0.4 is 10.1 Å². The number of carbonyl (C=O) groups is 1. The number of fused-ring (bicyclic) bond motifs is 1. The maximum absolute atomic E-state index is 13.7. The van der Waals surface area contributed by atoms with Crippen LogP contribution in [0.15, 0.2) is 42.5 Å². The Bertz CT molecular complexity index is 687. The zero-order chi connectivity index (χ0) is 14.8. The van der Waals surface area contributed by atoms with E-state index in [0.29, 0.717) is 12.2 Å². The van der Waals surface area contributed by atoms with Gasteiger partial charge in [-0.15, -0.1) is 0 Å². The summed E-state index contributed by atoms with van der Waals surface area (Å²) in [5.74, 6) is -0.653. The van der Waals surface area contributed by atoms with Crippen LogP contribution in [0.4, 0.5) is 4.39 Å². The van der Waals surface area contributed by atoms with Crippen molar-refractivity contribution in [3.05, 3.63) is 65.0 Å². The lowest BCUT2D eigenvalue weighted by Crippen LogP contribution is -2.22. The molecule has 0 aromatic heterocycles. The molecule has 1 atom stereocenters. The number of hydrogen-bond acceptors (Lipinski definition) is 3. The minimum Gasteiger partial charge on any atom is -0.491 e. The maximum Gasteiger partial charge on any atom is 0.335 e. The van der Waals surface area contributed by atoms with Gasteiger partial charge in [0.05, 0.1) is 11.6 Å². The van der Waals surface area contributed by atoms with Crippen molar-refractivity contribution >= 4 is 5.97 Å². The van der Waals surface area contributed by atoms with Crippen LogP contribution >= 0.6 is 0 Å². The molecule has 21 heavy (non-hydrogen) atoms. The number of ether oxygens (including phenoxy) is 1. The largest absolute Gasteiger partial charge is 0.491 e. The third-order valence-electron chi connectivity index (χ3n) is 3.53. The minimum atomic E-state index is -1.06. The number of rotatable bonds is 4. The lowest BCUT2D eigenvalue weighted by molar-refractivity contribution is 0.0696. The lowest BCUT2D eigenvalue weighted by Gasteiger charge is -2.12. The molecule has 0 bridgehead atoms. The summed E-state index contributed by atoms with van der Waals surface area (Å²) < 4.78 is 19.3. The molecule has 0 saturated carbocycles. The van der Waals surface area contributed by atoms with Crippen molar-refractivity contribution in [1.29, 1.82) is 0 Å². The molecule has 2 aromatic rings. The number of halogens is 1. The summed E-state index contributed by atoms with van der Waals surface area (Å²) in [7, 11) is 0. The van der Waals surface area contributed by atoms with Crippen LogP contribution in [0.5, 0.6) is 5.75 Å². The zero-order valence-corrected chi connectivity index (χ0v) is 11.2. The first kappa shape index (κ1) is 13.6. The predicted octanol–water partition coefficient (Wildman–Crippen LogP) is 2.75. The number of aromatic carboxylic acids is 1. The molecule has 4 nitrogen and oxygen atoms in total. The highest BCUT2D eigenvalue weighted by molar-refractivity contribution is 5.87. The summed E-state index contributed by atoms with van der Waals surface area (Å²) in [6.07, 6.45) is 0. The Hall–Kier alpha value is -2.40. The second-order valence-electron chi connectivity index (χ2n) is 4.89. The number of carboxylic acid groups (broad SMARTS) is 1. The lowest BCUT2D eigenvalue weighted by atomic mass is 10.1. The van der Waals surface area contributed by atoms with E-state index in [1.54, 1.807) is 0 Å². The highest BCUT2D eigenvalue weighted by atomic mass is 19.1. The van der Waals surface area contributed by atoms with E-state index < -0.39 is 11.8 Å². The molecule has 0 amide bonds. The fourth-order valence-corrected chi connectivity index (χ4v) is 2.41. The third-order valence-corrected chi connectivity index (χ3v) is 3.53. The van der Waals surface area contributed by atoms with Gasteiger partial charge in [-0.05, 0) is 24.3 Å². The van der Waals surface area contributed by atoms with E-state index in [1.807, 2.05) is 24.3 Å². The van der Waals surface area contributed by atoms with E-state index in [9.17, 15) is 9.18 Å². The Balaban J connectivity index is 1.74. The van der Waals surface area contributed by atoms with Crippen LogP contribution in [-0.4, -0.2) is 17.7 Å². The average molecular weight is 287 g/mol. The van der Waals surface area contributed by atoms with Gasteiger partial charge in [0.2, 0.25) is 0 Å². The second kappa shape index (κ2) is 5.54. The summed E-state index contributed by atoms with van der Waals surface area (Å²) in [5, 5.41) is 12.2. The summed E-state index contributed by atoms with van der Waals surface area (Å²) in [6.45, 7) is 0.731. The molecule has 1 unspecified atom stereocenters. The molecule has 0 radical (unpaired) electrons. The van der Waals surface area contributed by atoms with Crippen LogP contribution in [0.25, 0.3) is 0 Å². The van der Waals surface area contributed by atoms with Crippen LogP contribution in [0.1, 0.15) is 27.5 Å². The second-order valence-corrected chi connectivity index (χ2v) is 4.89. The number of benzene rings is 2. The fourth-order valence-electron chi connectivity index (χ4n) is 2.41. The molecular weight excluding hydrogens is 273 g/mol. The molecule has 2 N–H and O–H groups in total. The van der Waals surface area contributed by atoms with E-state index in [0.717, 1.165) is 11.3 Å². The molecule has 1 aliphatic rings. The molecule has 1 heterocycles. The van der Waals surface area contributed by atoms with Gasteiger partial charge in [0.15, 0.2) is 0 Å². The van der Waals surface area contributed by atoms with Gasteiger partial charge in [-0.25, -0.2) is 9.18 Å². The van der Waals surface area contributed by atoms with Gasteiger partial charge in [0.25, 0.3) is 0 Å². The maximum atomic E-state index is 13.7. The van der Waals surface area contributed by atoms with Gasteiger partial charge in [-0.1, -0.05) is 18.2 Å². The molecule has 0 fully saturated rings. The van der Waals surface area contributed by atoms with Gasteiger partial charge >= 0.3 is 5.97 Å². The van der Waals surface area contributed by atoms with Crippen molar-refractivity contribution in [2.24, 2.45) is 0 Å². The highest BCUT2D eigenvalue weighted by Crippen LogP contribution is 2.31. The van der Waals surface area contributed by atoms with E-state index >= 15 is 0 Å². The first-order valence-corrected chi connectivity index (χ1v) is 6.62. The number of para-hydroxylation sites is 1. The van der Waals surface area contributed by atoms with Crippen LogP contribution in [-0.2, 0) is 6.54 Å². The normalized spacial score (nSPS) is 16.3. The van der Waals surface area contributed by atoms with Gasteiger partial charge < -0.3 is 15.2 Å². The Morgan fingerprint density at radius 3 is 2.95 bits per heavy atom. The van der Waals surface area contributed by atoms with E-state index in [2.05, 4.69) is 5.32 Å². The predicted molar refractivity (Wildman–Crippen MR) is 74.9 cm³/mol. The molecule has 5 heteroatoms.